The zero-order valence-electron chi connectivity index (χ0n) is 27.2. The van der Waals surface area contributed by atoms with Gasteiger partial charge in [0, 0.05) is 58.1 Å². The van der Waals surface area contributed by atoms with Crippen molar-refractivity contribution in [3.63, 3.8) is 0 Å². The van der Waals surface area contributed by atoms with Gasteiger partial charge in [0.1, 0.15) is 0 Å². The van der Waals surface area contributed by atoms with Gasteiger partial charge in [-0.2, -0.15) is 13.0 Å². The van der Waals surface area contributed by atoms with Crippen molar-refractivity contribution < 1.29 is 37.6 Å². The van der Waals surface area contributed by atoms with Crippen molar-refractivity contribution in [3.05, 3.63) is 100 Å². The van der Waals surface area contributed by atoms with E-state index in [0.29, 0.717) is 0 Å². The smallest absolute Gasteiger partial charge is 0.304 e. The Labute approximate surface area is 278 Å². The SMILES string of the molecule is CC1(C)C2=C3C=C4C5=[N+](CCC4OC3CCN2c2ccc3cc(S(=O)(=O)O)ccc3c21)c1ccc2cc(C(O)(O)O)ccc2c1C5(C)C. The molecule has 0 saturated heterocycles. The predicted molar refractivity (Wildman–Crippen MR) is 182 cm³/mol. The van der Waals surface area contributed by atoms with Crippen LogP contribution in [0.3, 0.4) is 0 Å². The van der Waals surface area contributed by atoms with E-state index in [0.717, 1.165) is 70.0 Å². The van der Waals surface area contributed by atoms with Crippen LogP contribution in [-0.2, 0) is 31.7 Å². The molecule has 2 atom stereocenters. The lowest BCUT2D eigenvalue weighted by Gasteiger charge is -2.42. The third-order valence-corrected chi connectivity index (χ3v) is 12.2. The molecule has 0 fully saturated rings. The highest BCUT2D eigenvalue weighted by molar-refractivity contribution is 7.85. The molecule has 4 aromatic rings. The Morgan fingerprint density at radius 2 is 1.56 bits per heavy atom. The minimum Gasteiger partial charge on any atom is -0.365 e. The van der Waals surface area contributed by atoms with E-state index in [1.807, 2.05) is 24.3 Å². The average molecular weight is 666 g/mol. The summed E-state index contributed by atoms with van der Waals surface area (Å²) in [6.07, 6.45) is 4.03. The molecular formula is C38H37N2O7S+. The van der Waals surface area contributed by atoms with E-state index in [-0.39, 0.29) is 28.1 Å². The van der Waals surface area contributed by atoms with Crippen molar-refractivity contribution >= 4 is 48.7 Å². The summed E-state index contributed by atoms with van der Waals surface area (Å²) >= 11 is 0. The Bertz CT molecular complexity index is 2360. The molecule has 246 valence electrons. The molecule has 5 aliphatic rings. The zero-order valence-corrected chi connectivity index (χ0v) is 28.0. The molecule has 0 aliphatic carbocycles. The molecule has 0 radical (unpaired) electrons. The number of anilines is 1. The van der Waals surface area contributed by atoms with Gasteiger partial charge in [0.15, 0.2) is 12.3 Å². The van der Waals surface area contributed by atoms with Crippen molar-refractivity contribution in [2.24, 2.45) is 0 Å². The lowest BCUT2D eigenvalue weighted by atomic mass is 9.72. The summed E-state index contributed by atoms with van der Waals surface area (Å²) in [4.78, 5) is 2.30. The van der Waals surface area contributed by atoms with Crippen molar-refractivity contribution in [1.82, 2.24) is 0 Å². The number of hydrogen-bond acceptors (Lipinski definition) is 7. The fourth-order valence-electron chi connectivity index (χ4n) is 9.48. The average Bonchev–Trinajstić information content (AvgIpc) is 3.42. The lowest BCUT2D eigenvalue weighted by molar-refractivity contribution is -0.445. The molecule has 10 heteroatoms. The van der Waals surface area contributed by atoms with E-state index in [4.69, 9.17) is 4.74 Å². The van der Waals surface area contributed by atoms with Gasteiger partial charge in [-0.05, 0) is 83.8 Å². The minimum absolute atomic E-state index is 0.0210. The number of fused-ring (bicyclic) bond motifs is 12. The van der Waals surface area contributed by atoms with E-state index in [1.54, 1.807) is 18.2 Å². The monoisotopic (exact) mass is 665 g/mol. The molecule has 0 saturated carbocycles. The third kappa shape index (κ3) is 3.95. The van der Waals surface area contributed by atoms with Crippen molar-refractivity contribution in [3.8, 4) is 0 Å². The van der Waals surface area contributed by atoms with Gasteiger partial charge in [0.05, 0.1) is 22.5 Å². The minimum atomic E-state index is -4.32. The van der Waals surface area contributed by atoms with Crippen LogP contribution in [0.2, 0.25) is 0 Å². The summed E-state index contributed by atoms with van der Waals surface area (Å²) in [5.74, 6) is -2.91. The number of hydrogen-bond donors (Lipinski definition) is 4. The predicted octanol–water partition coefficient (Wildman–Crippen LogP) is 5.26. The van der Waals surface area contributed by atoms with E-state index in [2.05, 4.69) is 55.4 Å². The Hall–Kier alpha value is -3.90. The van der Waals surface area contributed by atoms with Gasteiger partial charge in [0.2, 0.25) is 5.69 Å². The topological polar surface area (TPSA) is 131 Å². The van der Waals surface area contributed by atoms with Crippen LogP contribution in [0.1, 0.15) is 57.2 Å². The standard InChI is InChI=1S/C38H36N2O7S/c1-36(2)32-24-9-7-22(38(41,42)43)17-20(24)5-11-28(32)39-15-13-30-26(34(36)39)19-27-31(47-30)14-16-40-29-12-6-21-18-23(48(44,45)46)8-10-25(21)33(29)37(3,4)35(27)40/h5-12,17-19,30-31,41-43H,13-16H2,1-4H3/p+1. The van der Waals surface area contributed by atoms with Crippen LogP contribution in [0.5, 0.6) is 0 Å². The van der Waals surface area contributed by atoms with Crippen molar-refractivity contribution in [2.45, 2.75) is 74.4 Å². The molecular weight excluding hydrogens is 628 g/mol. The molecule has 48 heavy (non-hydrogen) atoms. The Balaban J connectivity index is 1.21. The number of ether oxygens (including phenoxy) is 1. The first kappa shape index (κ1) is 30.2. The third-order valence-electron chi connectivity index (χ3n) is 11.3. The number of allylic oxidation sites excluding steroid dienone is 1. The van der Waals surface area contributed by atoms with Crippen LogP contribution in [0.4, 0.5) is 11.4 Å². The maximum Gasteiger partial charge on any atom is 0.304 e. The van der Waals surface area contributed by atoms with Gasteiger partial charge in [-0.25, -0.2) is 0 Å². The van der Waals surface area contributed by atoms with Crippen LogP contribution in [0.25, 0.3) is 21.5 Å². The first-order chi connectivity index (χ1) is 22.6. The zero-order chi connectivity index (χ0) is 33.7. The van der Waals surface area contributed by atoms with Gasteiger partial charge >= 0.3 is 5.97 Å². The second kappa shape index (κ2) is 9.41. The molecule has 0 aromatic heterocycles. The van der Waals surface area contributed by atoms with Crippen molar-refractivity contribution in [2.75, 3.05) is 18.0 Å². The van der Waals surface area contributed by atoms with E-state index < -0.39 is 21.5 Å². The van der Waals surface area contributed by atoms with Gasteiger partial charge in [-0.15, -0.1) is 0 Å². The Kier molecular flexibility index (Phi) is 5.92. The molecule has 0 amide bonds. The highest BCUT2D eigenvalue weighted by atomic mass is 32.2. The quantitative estimate of drug-likeness (QED) is 0.130. The van der Waals surface area contributed by atoms with Crippen LogP contribution >= 0.6 is 0 Å². The summed E-state index contributed by atoms with van der Waals surface area (Å²) in [6, 6.07) is 18.0. The molecule has 9 nitrogen and oxygen atoms in total. The highest BCUT2D eigenvalue weighted by Crippen LogP contribution is 2.56. The first-order valence-electron chi connectivity index (χ1n) is 16.4. The molecule has 0 bridgehead atoms. The van der Waals surface area contributed by atoms with Gasteiger partial charge in [-0.3, -0.25) is 4.55 Å². The summed E-state index contributed by atoms with van der Waals surface area (Å²) in [5, 5.41) is 33.0. The molecule has 2 unspecified atom stereocenters. The van der Waals surface area contributed by atoms with E-state index >= 15 is 0 Å². The number of aliphatic hydroxyl groups is 3. The largest absolute Gasteiger partial charge is 0.365 e. The second-order valence-corrected chi connectivity index (χ2v) is 16.3. The number of benzene rings is 4. The van der Waals surface area contributed by atoms with E-state index in [9.17, 15) is 28.3 Å². The highest BCUT2D eigenvalue weighted by Gasteiger charge is 2.55. The molecule has 9 rings (SSSR count). The molecule has 5 heterocycles. The molecule has 5 aliphatic heterocycles. The normalized spacial score (nSPS) is 23.8. The van der Waals surface area contributed by atoms with Gasteiger partial charge in [-0.1, -0.05) is 38.1 Å². The molecule has 0 spiro atoms. The van der Waals surface area contributed by atoms with Gasteiger partial charge in [0.25, 0.3) is 10.1 Å². The van der Waals surface area contributed by atoms with Gasteiger partial charge < -0.3 is 25.0 Å². The molecule has 4 aromatic carbocycles. The van der Waals surface area contributed by atoms with Crippen LogP contribution in [0, 0.1) is 0 Å². The Morgan fingerprint density at radius 3 is 2.31 bits per heavy atom. The summed E-state index contributed by atoms with van der Waals surface area (Å²) in [5.41, 5.74) is 8.56. The lowest BCUT2D eigenvalue weighted by Crippen LogP contribution is -2.47. The maximum atomic E-state index is 11.9. The van der Waals surface area contributed by atoms with Crippen LogP contribution in [0.15, 0.2) is 88.5 Å². The van der Waals surface area contributed by atoms with Crippen LogP contribution < -0.4 is 4.90 Å². The summed E-state index contributed by atoms with van der Waals surface area (Å²) < 4.78 is 42.9. The van der Waals surface area contributed by atoms with Crippen LogP contribution in [-0.4, -0.2) is 63.9 Å². The Morgan fingerprint density at radius 1 is 0.854 bits per heavy atom. The first-order valence-corrected chi connectivity index (χ1v) is 17.8. The summed E-state index contributed by atoms with van der Waals surface area (Å²) in [6.45, 7) is 10.6. The maximum absolute atomic E-state index is 11.9. The number of rotatable bonds is 2. The molecule has 4 N–H and O–H groups in total. The van der Waals surface area contributed by atoms with Crippen molar-refractivity contribution in [1.29, 1.82) is 0 Å². The van der Waals surface area contributed by atoms with E-state index in [1.165, 1.54) is 28.6 Å². The number of nitrogens with zero attached hydrogens (tertiary/aromatic N) is 2. The summed E-state index contributed by atoms with van der Waals surface area (Å²) in [7, 11) is -4.32. The second-order valence-electron chi connectivity index (χ2n) is 14.8. The fourth-order valence-corrected chi connectivity index (χ4v) is 9.99. The fraction of sp³-hybridized carbons (Fsp3) is 0.342.